The molecule has 2 heterocycles. The average Bonchev–Trinajstić information content (AvgIpc) is 3.34. The molecular weight excluding hydrogens is 472 g/mol. The van der Waals surface area contributed by atoms with Gasteiger partial charge in [-0.1, -0.05) is 68.3 Å². The summed E-state index contributed by atoms with van der Waals surface area (Å²) in [4.78, 5) is 32.0. The van der Waals surface area contributed by atoms with Gasteiger partial charge in [0.05, 0.1) is 11.9 Å². The lowest BCUT2D eigenvalue weighted by molar-refractivity contribution is -0.137. The number of amides is 1. The number of para-hydroxylation sites is 1. The molecule has 2 N–H and O–H groups in total. The Morgan fingerprint density at radius 1 is 1.14 bits per heavy atom. The van der Waals surface area contributed by atoms with Crippen LogP contribution in [-0.2, 0) is 14.8 Å². The topological polar surface area (TPSA) is 152 Å². The van der Waals surface area contributed by atoms with E-state index in [-0.39, 0.29) is 22.7 Å². The zero-order valence-corrected chi connectivity index (χ0v) is 20.0. The number of hydrogen-bond donors (Lipinski definition) is 2. The molecule has 3 aromatic rings. The van der Waals surface area contributed by atoms with E-state index in [2.05, 4.69) is 15.1 Å². The van der Waals surface area contributed by atoms with Gasteiger partial charge in [0.25, 0.3) is 15.8 Å². The van der Waals surface area contributed by atoms with Crippen molar-refractivity contribution < 1.29 is 27.6 Å². The van der Waals surface area contributed by atoms with Gasteiger partial charge in [0.15, 0.2) is 0 Å². The number of carboxylic acids is 1. The van der Waals surface area contributed by atoms with E-state index >= 15 is 0 Å². The van der Waals surface area contributed by atoms with E-state index in [9.17, 15) is 23.1 Å². The van der Waals surface area contributed by atoms with Gasteiger partial charge in [0.1, 0.15) is 4.90 Å². The summed E-state index contributed by atoms with van der Waals surface area (Å²) in [5.74, 6) is -2.42. The third kappa shape index (κ3) is 6.21. The van der Waals surface area contributed by atoms with Crippen molar-refractivity contribution in [2.45, 2.75) is 68.6 Å². The lowest BCUT2D eigenvalue weighted by Crippen LogP contribution is -2.31. The number of aliphatic carboxylic acids is 1. The second-order valence-electron chi connectivity index (χ2n) is 8.95. The van der Waals surface area contributed by atoms with Crippen LogP contribution in [0.2, 0.25) is 0 Å². The molecule has 0 radical (unpaired) electrons. The minimum atomic E-state index is -4.27. The third-order valence-corrected chi connectivity index (χ3v) is 7.78. The molecule has 1 fully saturated rings. The van der Waals surface area contributed by atoms with Crippen molar-refractivity contribution in [3.8, 4) is 0 Å². The highest BCUT2D eigenvalue weighted by Crippen LogP contribution is 2.31. The second kappa shape index (κ2) is 10.9. The van der Waals surface area contributed by atoms with Gasteiger partial charge >= 0.3 is 11.9 Å². The summed E-state index contributed by atoms with van der Waals surface area (Å²) in [5.41, 5.74) is 0.226. The van der Waals surface area contributed by atoms with E-state index in [4.69, 9.17) is 4.52 Å². The third-order valence-electron chi connectivity index (χ3n) is 6.42. The zero-order valence-electron chi connectivity index (χ0n) is 19.2. The normalized spacial score (nSPS) is 15.7. The fourth-order valence-corrected chi connectivity index (χ4v) is 5.79. The first-order chi connectivity index (χ1) is 16.8. The first kappa shape index (κ1) is 24.8. The van der Waals surface area contributed by atoms with Crippen LogP contribution in [0.3, 0.4) is 0 Å². The number of carboxylic acid groups (broad SMARTS) is 1. The predicted molar refractivity (Wildman–Crippen MR) is 126 cm³/mol. The smallest absolute Gasteiger partial charge is 0.306 e. The Morgan fingerprint density at radius 2 is 1.91 bits per heavy atom. The van der Waals surface area contributed by atoms with Crippen molar-refractivity contribution in [2.75, 3.05) is 0 Å². The van der Waals surface area contributed by atoms with Crippen LogP contribution in [0.15, 0.2) is 45.9 Å². The summed E-state index contributed by atoms with van der Waals surface area (Å²) in [6.07, 6.45) is 9.77. The molecule has 10 nitrogen and oxygen atoms in total. The van der Waals surface area contributed by atoms with Gasteiger partial charge < -0.3 is 9.63 Å². The molecule has 0 spiro atoms. The maximum Gasteiger partial charge on any atom is 0.306 e. The van der Waals surface area contributed by atoms with Crippen molar-refractivity contribution in [3.05, 3.63) is 48.2 Å². The Balaban J connectivity index is 1.45. The van der Waals surface area contributed by atoms with Crippen molar-refractivity contribution in [1.29, 1.82) is 0 Å². The van der Waals surface area contributed by atoms with E-state index < -0.39 is 33.6 Å². The number of nitrogens with one attached hydrogen (secondary N) is 1. The molecule has 0 bridgehead atoms. The summed E-state index contributed by atoms with van der Waals surface area (Å²) < 4.78 is 32.9. The molecule has 1 saturated carbocycles. The van der Waals surface area contributed by atoms with Crippen LogP contribution in [0.5, 0.6) is 0 Å². The summed E-state index contributed by atoms with van der Waals surface area (Å²) in [7, 11) is -4.27. The van der Waals surface area contributed by atoms with Crippen LogP contribution < -0.4 is 4.72 Å². The van der Waals surface area contributed by atoms with Crippen molar-refractivity contribution in [1.82, 2.24) is 19.8 Å². The van der Waals surface area contributed by atoms with Crippen molar-refractivity contribution in [3.63, 3.8) is 0 Å². The summed E-state index contributed by atoms with van der Waals surface area (Å²) in [5, 5.41) is 13.5. The number of rotatable bonds is 10. The summed E-state index contributed by atoms with van der Waals surface area (Å²) in [6.45, 7) is 0. The summed E-state index contributed by atoms with van der Waals surface area (Å²) >= 11 is 0. The quantitative estimate of drug-likeness (QED) is 0.420. The van der Waals surface area contributed by atoms with Gasteiger partial charge in [-0.3, -0.25) is 14.6 Å². The number of pyridine rings is 1. The highest BCUT2D eigenvalue weighted by Gasteiger charge is 2.28. The van der Waals surface area contributed by atoms with Gasteiger partial charge in [0.2, 0.25) is 5.89 Å². The average molecular weight is 501 g/mol. The van der Waals surface area contributed by atoms with E-state index in [1.807, 2.05) is 4.72 Å². The SMILES string of the molecule is O=C(O)CC(CCCC1CCCCC1)c1nc(C(=O)NS(=O)(=O)c2cccc3cccnc23)no1. The summed E-state index contributed by atoms with van der Waals surface area (Å²) in [6, 6.07) is 8.01. The number of hydrogen-bond acceptors (Lipinski definition) is 8. The number of carbonyl (C=O) groups is 2. The highest BCUT2D eigenvalue weighted by molar-refractivity contribution is 7.90. The number of benzene rings is 1. The lowest BCUT2D eigenvalue weighted by atomic mass is 9.84. The number of carbonyl (C=O) groups excluding carboxylic acids is 1. The van der Waals surface area contributed by atoms with Gasteiger partial charge in [-0.2, -0.15) is 4.98 Å². The molecule has 0 aliphatic heterocycles. The molecule has 35 heavy (non-hydrogen) atoms. The lowest BCUT2D eigenvalue weighted by Gasteiger charge is -2.21. The minimum Gasteiger partial charge on any atom is -0.481 e. The maximum atomic E-state index is 12.9. The fraction of sp³-hybridized carbons (Fsp3) is 0.458. The highest BCUT2D eigenvalue weighted by atomic mass is 32.2. The first-order valence-electron chi connectivity index (χ1n) is 11.8. The van der Waals surface area contributed by atoms with Crippen LogP contribution in [0.4, 0.5) is 0 Å². The number of sulfonamides is 1. The first-order valence-corrected chi connectivity index (χ1v) is 13.3. The van der Waals surface area contributed by atoms with E-state index in [0.717, 1.165) is 12.8 Å². The van der Waals surface area contributed by atoms with Crippen molar-refractivity contribution in [2.24, 2.45) is 5.92 Å². The molecule has 186 valence electrons. The Morgan fingerprint density at radius 3 is 2.69 bits per heavy atom. The molecule has 1 aromatic carbocycles. The zero-order chi connectivity index (χ0) is 24.8. The number of nitrogens with zero attached hydrogens (tertiary/aromatic N) is 3. The molecule has 1 aliphatic rings. The molecule has 1 aliphatic carbocycles. The van der Waals surface area contributed by atoms with E-state index in [0.29, 0.717) is 17.7 Å². The van der Waals surface area contributed by atoms with Crippen LogP contribution in [-0.4, -0.2) is 40.5 Å². The Hall–Kier alpha value is -3.34. The van der Waals surface area contributed by atoms with Gasteiger partial charge in [-0.25, -0.2) is 13.1 Å². The van der Waals surface area contributed by atoms with E-state index in [1.165, 1.54) is 44.4 Å². The van der Waals surface area contributed by atoms with Gasteiger partial charge in [-0.05, 0) is 24.5 Å². The van der Waals surface area contributed by atoms with Crippen LogP contribution in [0.25, 0.3) is 10.9 Å². The largest absolute Gasteiger partial charge is 0.481 e. The Bertz CT molecular complexity index is 1290. The number of aromatic nitrogens is 3. The van der Waals surface area contributed by atoms with Crippen molar-refractivity contribution >= 4 is 32.8 Å². The molecule has 2 aromatic heterocycles. The predicted octanol–water partition coefficient (Wildman–Crippen LogP) is 4.05. The molecular formula is C24H28N4O6S. The van der Waals surface area contributed by atoms with Crippen LogP contribution in [0, 0.1) is 5.92 Å². The second-order valence-corrected chi connectivity index (χ2v) is 10.6. The molecule has 1 atom stereocenters. The fourth-order valence-electron chi connectivity index (χ4n) is 4.66. The van der Waals surface area contributed by atoms with E-state index in [1.54, 1.807) is 24.3 Å². The molecule has 1 unspecified atom stereocenters. The van der Waals surface area contributed by atoms with Gasteiger partial charge in [0, 0.05) is 17.5 Å². The standard InChI is InChI=1S/C24H28N4O6S/c29-20(30)15-18(11-4-9-16-7-2-1-3-8-16)24-26-22(27-34-24)23(31)28-35(32,33)19-13-5-10-17-12-6-14-25-21(17)19/h5-6,10,12-14,16,18H,1-4,7-9,11,15H2,(H,28,31)(H,29,30). The Labute approximate surface area is 203 Å². The van der Waals surface area contributed by atoms with Crippen LogP contribution in [0.1, 0.15) is 80.2 Å². The minimum absolute atomic E-state index is 0.0189. The molecule has 0 saturated heterocycles. The molecule has 11 heteroatoms. The monoisotopic (exact) mass is 500 g/mol. The van der Waals surface area contributed by atoms with Crippen LogP contribution >= 0.6 is 0 Å². The number of fused-ring (bicyclic) bond motifs is 1. The Kier molecular flexibility index (Phi) is 7.74. The molecule has 1 amide bonds. The van der Waals surface area contributed by atoms with Gasteiger partial charge in [-0.15, -0.1) is 0 Å². The maximum absolute atomic E-state index is 12.9. The molecule has 4 rings (SSSR count).